The molecule has 4 heteroatoms. The minimum atomic E-state index is -0.0370. The van der Waals surface area contributed by atoms with Crippen molar-refractivity contribution in [3.05, 3.63) is 28.2 Å². The van der Waals surface area contributed by atoms with Gasteiger partial charge in [0.2, 0.25) is 5.91 Å². The number of aryl methyl sites for hydroxylation is 1. The number of nitrogens with zero attached hydrogens (tertiary/aromatic N) is 1. The molecule has 3 nitrogen and oxygen atoms in total. The van der Waals surface area contributed by atoms with E-state index in [-0.39, 0.29) is 11.9 Å². The third kappa shape index (κ3) is 2.75. The Labute approximate surface area is 117 Å². The number of hydrogen-bond acceptors (Lipinski definition) is 2. The van der Waals surface area contributed by atoms with Gasteiger partial charge in [0.15, 0.2) is 0 Å². The van der Waals surface area contributed by atoms with Crippen molar-refractivity contribution < 1.29 is 4.79 Å². The SMILES string of the molecule is Cc1ccc(N2CCC(NC(C)C)C2=O)cc1Br. The van der Waals surface area contributed by atoms with Crippen LogP contribution in [0.15, 0.2) is 22.7 Å². The lowest BCUT2D eigenvalue weighted by atomic mass is 10.2. The number of rotatable bonds is 3. The lowest BCUT2D eigenvalue weighted by molar-refractivity contribution is -0.118. The Kier molecular flexibility index (Phi) is 4.07. The fraction of sp³-hybridized carbons (Fsp3) is 0.500. The topological polar surface area (TPSA) is 32.3 Å². The fourth-order valence-corrected chi connectivity index (χ4v) is 2.61. The molecular formula is C14H19BrN2O. The van der Waals surface area contributed by atoms with Crippen molar-refractivity contribution in [2.45, 2.75) is 39.3 Å². The van der Waals surface area contributed by atoms with Crippen LogP contribution in [0.25, 0.3) is 0 Å². The molecule has 0 radical (unpaired) electrons. The first-order valence-electron chi connectivity index (χ1n) is 6.32. The molecule has 0 aliphatic carbocycles. The highest BCUT2D eigenvalue weighted by molar-refractivity contribution is 9.10. The van der Waals surface area contributed by atoms with Gasteiger partial charge in [0.05, 0.1) is 6.04 Å². The molecule has 2 rings (SSSR count). The quantitative estimate of drug-likeness (QED) is 0.931. The zero-order chi connectivity index (χ0) is 13.3. The van der Waals surface area contributed by atoms with Gasteiger partial charge < -0.3 is 10.2 Å². The maximum Gasteiger partial charge on any atom is 0.244 e. The average Bonchev–Trinajstić information content (AvgIpc) is 2.64. The highest BCUT2D eigenvalue weighted by Crippen LogP contribution is 2.27. The molecule has 1 atom stereocenters. The van der Waals surface area contributed by atoms with Gasteiger partial charge in [0.25, 0.3) is 0 Å². The number of amides is 1. The maximum absolute atomic E-state index is 12.3. The van der Waals surface area contributed by atoms with Crippen LogP contribution in [0.1, 0.15) is 25.8 Å². The largest absolute Gasteiger partial charge is 0.311 e. The molecule has 1 aliphatic rings. The van der Waals surface area contributed by atoms with Crippen LogP contribution in [0.5, 0.6) is 0 Å². The smallest absolute Gasteiger partial charge is 0.244 e. The van der Waals surface area contributed by atoms with Crippen molar-refractivity contribution >= 4 is 27.5 Å². The second-order valence-electron chi connectivity index (χ2n) is 5.09. The average molecular weight is 311 g/mol. The number of nitrogens with one attached hydrogen (secondary N) is 1. The standard InChI is InChI=1S/C14H19BrN2O/c1-9(2)16-13-6-7-17(14(13)18)11-5-4-10(3)12(15)8-11/h4-5,8-9,13,16H,6-7H2,1-3H3. The van der Waals surface area contributed by atoms with Gasteiger partial charge in [-0.2, -0.15) is 0 Å². The lowest BCUT2D eigenvalue weighted by Crippen LogP contribution is -2.41. The Bertz CT molecular complexity index is 459. The van der Waals surface area contributed by atoms with Gasteiger partial charge in [-0.1, -0.05) is 35.8 Å². The van der Waals surface area contributed by atoms with E-state index in [0.717, 1.165) is 23.1 Å². The van der Waals surface area contributed by atoms with Crippen LogP contribution in [-0.4, -0.2) is 24.5 Å². The lowest BCUT2D eigenvalue weighted by Gasteiger charge is -2.19. The van der Waals surface area contributed by atoms with Crippen LogP contribution in [0.3, 0.4) is 0 Å². The molecule has 1 heterocycles. The van der Waals surface area contributed by atoms with Crippen molar-refractivity contribution in [1.82, 2.24) is 5.32 Å². The van der Waals surface area contributed by atoms with E-state index in [0.29, 0.717) is 6.04 Å². The van der Waals surface area contributed by atoms with Crippen LogP contribution < -0.4 is 10.2 Å². The van der Waals surface area contributed by atoms with Gasteiger partial charge in [-0.15, -0.1) is 0 Å². The summed E-state index contributed by atoms with van der Waals surface area (Å²) in [6.45, 7) is 6.97. The number of benzene rings is 1. The van der Waals surface area contributed by atoms with Gasteiger partial charge >= 0.3 is 0 Å². The Morgan fingerprint density at radius 2 is 2.17 bits per heavy atom. The molecule has 1 unspecified atom stereocenters. The predicted molar refractivity (Wildman–Crippen MR) is 77.9 cm³/mol. The number of anilines is 1. The molecule has 18 heavy (non-hydrogen) atoms. The molecule has 1 amide bonds. The van der Waals surface area contributed by atoms with E-state index in [4.69, 9.17) is 0 Å². The summed E-state index contributed by atoms with van der Waals surface area (Å²) >= 11 is 3.51. The molecule has 1 aromatic rings. The molecule has 1 saturated heterocycles. The number of halogens is 1. The second-order valence-corrected chi connectivity index (χ2v) is 5.94. The highest BCUT2D eigenvalue weighted by atomic mass is 79.9. The first-order chi connectivity index (χ1) is 8.49. The Morgan fingerprint density at radius 1 is 1.44 bits per heavy atom. The van der Waals surface area contributed by atoms with Gasteiger partial charge in [-0.25, -0.2) is 0 Å². The van der Waals surface area contributed by atoms with Gasteiger partial charge in [-0.3, -0.25) is 4.79 Å². The van der Waals surface area contributed by atoms with Crippen LogP contribution in [-0.2, 0) is 4.79 Å². The Balaban J connectivity index is 2.15. The number of carbonyl (C=O) groups excluding carboxylic acids is 1. The summed E-state index contributed by atoms with van der Waals surface area (Å²) in [6.07, 6.45) is 0.877. The van der Waals surface area contributed by atoms with Crippen molar-refractivity contribution in [2.75, 3.05) is 11.4 Å². The summed E-state index contributed by atoms with van der Waals surface area (Å²) in [7, 11) is 0. The van der Waals surface area contributed by atoms with E-state index < -0.39 is 0 Å². The van der Waals surface area contributed by atoms with Crippen LogP contribution in [0.2, 0.25) is 0 Å². The predicted octanol–water partition coefficient (Wildman–Crippen LogP) is 2.86. The first-order valence-corrected chi connectivity index (χ1v) is 7.12. The zero-order valence-corrected chi connectivity index (χ0v) is 12.6. The second kappa shape index (κ2) is 5.41. The summed E-state index contributed by atoms with van der Waals surface area (Å²) in [5.41, 5.74) is 2.16. The number of hydrogen-bond donors (Lipinski definition) is 1. The van der Waals surface area contributed by atoms with Crippen molar-refractivity contribution in [3.8, 4) is 0 Å². The van der Waals surface area contributed by atoms with Crippen LogP contribution in [0.4, 0.5) is 5.69 Å². The minimum absolute atomic E-state index is 0.0370. The third-order valence-corrected chi connectivity index (χ3v) is 4.06. The summed E-state index contributed by atoms with van der Waals surface area (Å²) in [4.78, 5) is 14.2. The normalized spacial score (nSPS) is 19.9. The molecule has 1 N–H and O–H groups in total. The Hall–Kier alpha value is -0.870. The van der Waals surface area contributed by atoms with Gasteiger partial charge in [-0.05, 0) is 31.0 Å². The van der Waals surface area contributed by atoms with Crippen LogP contribution >= 0.6 is 15.9 Å². The van der Waals surface area contributed by atoms with E-state index in [2.05, 4.69) is 35.1 Å². The summed E-state index contributed by atoms with van der Waals surface area (Å²) in [5.74, 6) is 0.180. The molecular weight excluding hydrogens is 292 g/mol. The monoisotopic (exact) mass is 310 g/mol. The maximum atomic E-state index is 12.3. The molecule has 1 aliphatic heterocycles. The summed E-state index contributed by atoms with van der Waals surface area (Å²) in [6, 6.07) is 6.37. The van der Waals surface area contributed by atoms with Gasteiger partial charge in [0, 0.05) is 22.7 Å². The van der Waals surface area contributed by atoms with Crippen molar-refractivity contribution in [2.24, 2.45) is 0 Å². The molecule has 0 spiro atoms. The van der Waals surface area contributed by atoms with Gasteiger partial charge in [0.1, 0.15) is 0 Å². The van der Waals surface area contributed by atoms with E-state index in [1.54, 1.807) is 0 Å². The first kappa shape index (κ1) is 13.6. The minimum Gasteiger partial charge on any atom is -0.311 e. The number of carbonyl (C=O) groups is 1. The van der Waals surface area contributed by atoms with Crippen LogP contribution in [0, 0.1) is 6.92 Å². The van der Waals surface area contributed by atoms with E-state index in [1.165, 1.54) is 5.56 Å². The molecule has 1 aromatic carbocycles. The summed E-state index contributed by atoms with van der Waals surface area (Å²) in [5, 5.41) is 3.31. The molecule has 1 fully saturated rings. The summed E-state index contributed by atoms with van der Waals surface area (Å²) < 4.78 is 1.05. The fourth-order valence-electron chi connectivity index (χ4n) is 2.24. The zero-order valence-electron chi connectivity index (χ0n) is 11.0. The molecule has 0 bridgehead atoms. The van der Waals surface area contributed by atoms with E-state index >= 15 is 0 Å². The Morgan fingerprint density at radius 3 is 2.78 bits per heavy atom. The molecule has 0 saturated carbocycles. The third-order valence-electron chi connectivity index (χ3n) is 3.21. The molecule has 98 valence electrons. The van der Waals surface area contributed by atoms with Crippen molar-refractivity contribution in [3.63, 3.8) is 0 Å². The van der Waals surface area contributed by atoms with E-state index in [9.17, 15) is 4.79 Å². The van der Waals surface area contributed by atoms with E-state index in [1.807, 2.05) is 30.0 Å². The van der Waals surface area contributed by atoms with Crippen molar-refractivity contribution in [1.29, 1.82) is 0 Å². The molecule has 0 aromatic heterocycles. The highest BCUT2D eigenvalue weighted by Gasteiger charge is 2.32.